The Balaban J connectivity index is 1.40. The zero-order valence-electron chi connectivity index (χ0n) is 12.0. The van der Waals surface area contributed by atoms with Crippen LogP contribution in [0.3, 0.4) is 0 Å². The van der Waals surface area contributed by atoms with Crippen LogP contribution in [0.5, 0.6) is 0 Å². The van der Waals surface area contributed by atoms with Gasteiger partial charge < -0.3 is 14.8 Å². The van der Waals surface area contributed by atoms with E-state index in [2.05, 4.69) is 24.0 Å². The van der Waals surface area contributed by atoms with E-state index in [4.69, 9.17) is 9.47 Å². The van der Waals surface area contributed by atoms with Crippen molar-refractivity contribution in [1.82, 2.24) is 5.32 Å². The van der Waals surface area contributed by atoms with Gasteiger partial charge in [0.1, 0.15) is 0 Å². The molecule has 1 aliphatic heterocycles. The molecule has 0 aromatic rings. The Kier molecular flexibility index (Phi) is 4.73. The minimum absolute atomic E-state index is 0.200. The summed E-state index contributed by atoms with van der Waals surface area (Å²) in [5.41, 5.74) is 0. The number of nitrogens with one attached hydrogen (secondary N) is 1. The van der Waals surface area contributed by atoms with Crippen LogP contribution < -0.4 is 5.32 Å². The first-order valence-corrected chi connectivity index (χ1v) is 9.00. The first-order chi connectivity index (χ1) is 9.30. The van der Waals surface area contributed by atoms with Gasteiger partial charge in [0.15, 0.2) is 5.79 Å². The normalized spacial score (nSPS) is 35.2. The Hall–Kier alpha value is 0.230. The van der Waals surface area contributed by atoms with E-state index in [0.717, 1.165) is 37.3 Å². The van der Waals surface area contributed by atoms with Crippen LogP contribution in [-0.4, -0.2) is 42.1 Å². The maximum Gasteiger partial charge on any atom is 0.168 e. The van der Waals surface area contributed by atoms with Crippen LogP contribution in [-0.2, 0) is 9.47 Å². The molecular weight excluding hydrogens is 258 g/mol. The molecule has 0 unspecified atom stereocenters. The molecule has 110 valence electrons. The van der Waals surface area contributed by atoms with Gasteiger partial charge >= 0.3 is 0 Å². The van der Waals surface area contributed by atoms with Gasteiger partial charge in [0.25, 0.3) is 0 Å². The average Bonchev–Trinajstić information content (AvgIpc) is 3.04. The number of rotatable bonds is 4. The highest BCUT2D eigenvalue weighted by Crippen LogP contribution is 2.37. The predicted octanol–water partition coefficient (Wildman–Crippen LogP) is 2.94. The zero-order chi connectivity index (χ0) is 13.1. The van der Waals surface area contributed by atoms with E-state index in [1.807, 2.05) is 0 Å². The maximum atomic E-state index is 5.80. The Morgan fingerprint density at radius 1 is 1.05 bits per heavy atom. The van der Waals surface area contributed by atoms with Gasteiger partial charge in [-0.1, -0.05) is 6.92 Å². The molecular formula is C15H27NO2S. The summed E-state index contributed by atoms with van der Waals surface area (Å²) in [5, 5.41) is 4.79. The van der Waals surface area contributed by atoms with Crippen molar-refractivity contribution in [3.63, 3.8) is 0 Å². The van der Waals surface area contributed by atoms with Gasteiger partial charge in [-0.25, -0.2) is 0 Å². The van der Waals surface area contributed by atoms with Gasteiger partial charge in [0, 0.05) is 30.2 Å². The molecule has 1 N–H and O–H groups in total. The summed E-state index contributed by atoms with van der Waals surface area (Å²) < 4.78 is 11.6. The summed E-state index contributed by atoms with van der Waals surface area (Å²) >= 11 is 2.14. The van der Waals surface area contributed by atoms with E-state index in [1.165, 1.54) is 37.9 Å². The Morgan fingerprint density at radius 3 is 2.47 bits per heavy atom. The Labute approximate surface area is 121 Å². The number of hydrogen-bond donors (Lipinski definition) is 1. The molecule has 2 saturated carbocycles. The highest BCUT2D eigenvalue weighted by atomic mass is 32.2. The Bertz CT molecular complexity index is 284. The third-order valence-corrected chi connectivity index (χ3v) is 6.05. The van der Waals surface area contributed by atoms with Crippen LogP contribution in [0, 0.1) is 0 Å². The fraction of sp³-hybridized carbons (Fsp3) is 1.00. The zero-order valence-corrected chi connectivity index (χ0v) is 12.8. The standard InChI is InChI=1S/C15H27NO2S/c1-2-19-14-4-3-13(11-14)16-12-5-7-15(8-6-12)17-9-10-18-15/h12-14,16H,2-11H2,1H3/t13-,14-/m1/s1. The fourth-order valence-corrected chi connectivity index (χ4v) is 4.96. The van der Waals surface area contributed by atoms with Gasteiger partial charge in [-0.15, -0.1) is 0 Å². The highest BCUT2D eigenvalue weighted by molar-refractivity contribution is 7.99. The summed E-state index contributed by atoms with van der Waals surface area (Å²) in [6.07, 6.45) is 8.71. The van der Waals surface area contributed by atoms with Crippen LogP contribution >= 0.6 is 11.8 Å². The smallest absolute Gasteiger partial charge is 0.168 e. The van der Waals surface area contributed by atoms with Gasteiger partial charge in [-0.3, -0.25) is 0 Å². The molecule has 2 aliphatic carbocycles. The van der Waals surface area contributed by atoms with Crippen molar-refractivity contribution in [3.05, 3.63) is 0 Å². The molecule has 0 aromatic carbocycles. The molecule has 0 aromatic heterocycles. The van der Waals surface area contributed by atoms with Crippen molar-refractivity contribution < 1.29 is 9.47 Å². The summed E-state index contributed by atoms with van der Waals surface area (Å²) in [6.45, 7) is 3.85. The lowest BCUT2D eigenvalue weighted by molar-refractivity contribution is -0.179. The van der Waals surface area contributed by atoms with Gasteiger partial charge in [-0.2, -0.15) is 11.8 Å². The summed E-state index contributed by atoms with van der Waals surface area (Å²) in [7, 11) is 0. The number of hydrogen-bond acceptors (Lipinski definition) is 4. The van der Waals surface area contributed by atoms with E-state index < -0.39 is 0 Å². The van der Waals surface area contributed by atoms with Gasteiger partial charge in [0.05, 0.1) is 13.2 Å². The van der Waals surface area contributed by atoms with E-state index in [0.29, 0.717) is 6.04 Å². The Morgan fingerprint density at radius 2 is 1.79 bits per heavy atom. The molecule has 0 bridgehead atoms. The van der Waals surface area contributed by atoms with Crippen LogP contribution in [0.4, 0.5) is 0 Å². The maximum absolute atomic E-state index is 5.80. The topological polar surface area (TPSA) is 30.5 Å². The minimum Gasteiger partial charge on any atom is -0.348 e. The predicted molar refractivity (Wildman–Crippen MR) is 79.6 cm³/mol. The SMILES string of the molecule is CCS[C@@H]1CC[C@@H](NC2CCC3(CC2)OCCO3)C1. The molecule has 3 fully saturated rings. The fourth-order valence-electron chi connectivity index (χ4n) is 3.82. The summed E-state index contributed by atoms with van der Waals surface area (Å²) in [5.74, 6) is 1.06. The van der Waals surface area contributed by atoms with E-state index in [9.17, 15) is 0 Å². The minimum atomic E-state index is -0.200. The largest absolute Gasteiger partial charge is 0.348 e. The van der Waals surface area contributed by atoms with Crippen LogP contribution in [0.25, 0.3) is 0 Å². The van der Waals surface area contributed by atoms with E-state index in [1.54, 1.807) is 0 Å². The van der Waals surface area contributed by atoms with Crippen molar-refractivity contribution in [3.8, 4) is 0 Å². The average molecular weight is 285 g/mol. The number of thioether (sulfide) groups is 1. The lowest BCUT2D eigenvalue weighted by Gasteiger charge is -2.36. The first-order valence-electron chi connectivity index (χ1n) is 7.95. The molecule has 0 amide bonds. The second kappa shape index (κ2) is 6.33. The van der Waals surface area contributed by atoms with Crippen LogP contribution in [0.2, 0.25) is 0 Å². The number of ether oxygens (including phenoxy) is 2. The van der Waals surface area contributed by atoms with Gasteiger partial charge in [-0.05, 0) is 37.9 Å². The molecule has 3 aliphatic rings. The van der Waals surface area contributed by atoms with E-state index in [-0.39, 0.29) is 5.79 Å². The quantitative estimate of drug-likeness (QED) is 0.860. The second-order valence-electron chi connectivity index (χ2n) is 6.14. The van der Waals surface area contributed by atoms with Gasteiger partial charge in [0.2, 0.25) is 0 Å². The summed E-state index contributed by atoms with van der Waals surface area (Å²) in [6, 6.07) is 1.45. The van der Waals surface area contributed by atoms with Crippen molar-refractivity contribution >= 4 is 11.8 Å². The van der Waals surface area contributed by atoms with Crippen molar-refractivity contribution in [2.75, 3.05) is 19.0 Å². The third kappa shape index (κ3) is 3.46. The molecule has 4 heteroatoms. The lowest BCUT2D eigenvalue weighted by Crippen LogP contribution is -2.45. The highest BCUT2D eigenvalue weighted by Gasteiger charge is 2.40. The third-order valence-electron chi connectivity index (χ3n) is 4.82. The molecule has 1 spiro atoms. The molecule has 19 heavy (non-hydrogen) atoms. The molecule has 1 saturated heterocycles. The first kappa shape index (κ1) is 14.2. The molecule has 0 radical (unpaired) electrons. The van der Waals surface area contributed by atoms with Crippen LogP contribution in [0.1, 0.15) is 51.9 Å². The van der Waals surface area contributed by atoms with Crippen molar-refractivity contribution in [2.45, 2.75) is 75.0 Å². The monoisotopic (exact) mass is 285 g/mol. The van der Waals surface area contributed by atoms with Crippen LogP contribution in [0.15, 0.2) is 0 Å². The molecule has 1 heterocycles. The summed E-state index contributed by atoms with van der Waals surface area (Å²) in [4.78, 5) is 0. The molecule has 3 rings (SSSR count). The lowest BCUT2D eigenvalue weighted by atomic mass is 9.89. The van der Waals surface area contributed by atoms with E-state index >= 15 is 0 Å². The molecule has 3 nitrogen and oxygen atoms in total. The second-order valence-corrected chi connectivity index (χ2v) is 7.71. The molecule has 2 atom stereocenters. The van der Waals surface area contributed by atoms with Crippen molar-refractivity contribution in [1.29, 1.82) is 0 Å². The van der Waals surface area contributed by atoms with Crippen molar-refractivity contribution in [2.24, 2.45) is 0 Å².